The Morgan fingerprint density at radius 3 is 0.603 bits per heavy atom. The highest BCUT2D eigenvalue weighted by Gasteiger charge is 2.68. The van der Waals surface area contributed by atoms with Crippen molar-refractivity contribution in [1.29, 1.82) is 0 Å². The van der Waals surface area contributed by atoms with Gasteiger partial charge in [-0.3, -0.25) is 0 Å². The van der Waals surface area contributed by atoms with E-state index in [0.29, 0.717) is 0 Å². The summed E-state index contributed by atoms with van der Waals surface area (Å²) in [6.45, 7) is 40.8. The fraction of sp³-hybridized carbons (Fsp3) is 0.295. The molecule has 4 aliphatic heterocycles. The molecule has 4 heterocycles. The Morgan fingerprint density at radius 2 is 0.389 bits per heavy atom. The van der Waals surface area contributed by atoms with Gasteiger partial charge in [-0.2, -0.15) is 0 Å². The second-order valence-electron chi connectivity index (χ2n) is 45.2. The zero-order valence-electron chi connectivity index (χ0n) is 76.3. The average Bonchev–Trinajstić information content (AvgIpc) is 1.51. The Labute approximate surface area is 744 Å². The van der Waals surface area contributed by atoms with Gasteiger partial charge in [0.15, 0.2) is 0 Å². The molecule has 4 saturated carbocycles. The molecule has 8 aliphatic rings. The highest BCUT2D eigenvalue weighted by Crippen LogP contribution is 2.73. The molecule has 0 N–H and O–H groups in total. The van der Waals surface area contributed by atoms with E-state index in [1.54, 1.807) is 0 Å². The largest absolute Gasteiger partial charge is 0.334 e. The molecule has 4 fully saturated rings. The number of rotatable bonds is 10. The third-order valence-electron chi connectivity index (χ3n) is 35.0. The van der Waals surface area contributed by atoms with Gasteiger partial charge >= 0.3 is 0 Å². The highest BCUT2D eigenvalue weighted by molar-refractivity contribution is 6.48. The summed E-state index contributed by atoms with van der Waals surface area (Å²) in [7, 11) is 0. The van der Waals surface area contributed by atoms with Crippen LogP contribution in [-0.2, 0) is 21.7 Å². The average molecular weight is 1640 g/mol. The first-order chi connectivity index (χ1) is 60.3. The zero-order chi connectivity index (χ0) is 86.1. The van der Waals surface area contributed by atoms with Crippen LogP contribution < -0.4 is 19.6 Å². The van der Waals surface area contributed by atoms with Crippen LogP contribution in [0.1, 0.15) is 184 Å². The van der Waals surface area contributed by atoms with Gasteiger partial charge in [-0.05, 0) is 351 Å². The van der Waals surface area contributed by atoms with Crippen molar-refractivity contribution in [1.82, 2.24) is 0 Å². The first kappa shape index (κ1) is 76.5. The summed E-state index contributed by atoms with van der Waals surface area (Å²) < 4.78 is 0. The van der Waals surface area contributed by atoms with Gasteiger partial charge in [-0.1, -0.05) is 289 Å². The molecule has 622 valence electrons. The lowest BCUT2D eigenvalue weighted by atomic mass is 9.71. The van der Waals surface area contributed by atoms with Crippen molar-refractivity contribution in [3.05, 3.63) is 326 Å². The Morgan fingerprint density at radius 1 is 0.183 bits per heavy atom. The lowest BCUT2D eigenvalue weighted by Crippen LogP contribution is -2.49. The SMILES string of the molecule is CC1(C)CC2(C)c3cc(-c4ccc5c6c(-c7ccccc7)c7c8ccc(-c9ccc%10c(c9)C9(C)CC(C)(C)CC9(C)N%10c9ccccc9)c9c(-c%10ccc%11c(c%10)C%10(C)CC(C)(C)CC%10(C)N%11c%10ccccc%10)ccc(c7c(-c7ccccc7)c6c6ccc(-c7ccc%10c(c7)C7(C)CC(C)(C)CC7(C)N%10c7ccccc7)c4c56)c98)ccc3N(c3ccccc3)C2(C)C1. The number of fused-ring (bicyclic) bond motifs is 18. The molecule has 25 rings (SSSR count). The third-order valence-corrected chi connectivity index (χ3v) is 35.0. The van der Waals surface area contributed by atoms with Crippen molar-refractivity contribution in [3.63, 3.8) is 0 Å². The third kappa shape index (κ3) is 9.77. The lowest BCUT2D eigenvalue weighted by Gasteiger charge is -2.42. The van der Waals surface area contributed by atoms with Crippen molar-refractivity contribution < 1.29 is 0 Å². The van der Waals surface area contributed by atoms with Crippen LogP contribution in [0.3, 0.4) is 0 Å². The molecule has 8 atom stereocenters. The maximum atomic E-state index is 2.74. The minimum atomic E-state index is -0.152. The van der Waals surface area contributed by atoms with Crippen LogP contribution in [0.15, 0.2) is 303 Å². The van der Waals surface area contributed by atoms with Crippen LogP contribution in [0.5, 0.6) is 0 Å². The predicted octanol–water partition coefficient (Wildman–Crippen LogP) is 33.4. The van der Waals surface area contributed by atoms with Crippen molar-refractivity contribution in [2.75, 3.05) is 19.6 Å². The Bertz CT molecular complexity index is 6650. The van der Waals surface area contributed by atoms with E-state index in [0.717, 1.165) is 51.4 Å². The van der Waals surface area contributed by atoms with Crippen molar-refractivity contribution in [2.24, 2.45) is 21.7 Å². The maximum Gasteiger partial charge on any atom is 0.0523 e. The van der Waals surface area contributed by atoms with Crippen LogP contribution in [-0.4, -0.2) is 22.2 Å². The molecule has 126 heavy (non-hydrogen) atoms. The van der Waals surface area contributed by atoms with E-state index in [9.17, 15) is 0 Å². The Hall–Kier alpha value is -12.0. The number of nitrogens with zero attached hydrogens (tertiary/aromatic N) is 4. The molecule has 0 spiro atoms. The van der Waals surface area contributed by atoms with Gasteiger partial charge in [0, 0.05) is 67.2 Å². The molecule has 0 radical (unpaired) electrons. The summed E-state index contributed by atoms with van der Waals surface area (Å²) in [6.07, 6.45) is 8.75. The summed E-state index contributed by atoms with van der Waals surface area (Å²) in [6, 6.07) is 120. The van der Waals surface area contributed by atoms with Crippen LogP contribution in [0.2, 0.25) is 0 Å². The molecule has 8 unspecified atom stereocenters. The number of para-hydroxylation sites is 4. The summed E-state index contributed by atoms with van der Waals surface area (Å²) in [5.41, 5.74) is 30.8. The second-order valence-corrected chi connectivity index (χ2v) is 45.2. The van der Waals surface area contributed by atoms with Crippen LogP contribution in [0, 0.1) is 21.7 Å². The number of hydrogen-bond donors (Lipinski definition) is 0. The van der Waals surface area contributed by atoms with Gasteiger partial charge in [0.2, 0.25) is 0 Å². The fourth-order valence-corrected chi connectivity index (χ4v) is 31.0. The molecular formula is C122H114N4. The van der Waals surface area contributed by atoms with E-state index >= 15 is 0 Å². The Kier molecular flexibility index (Phi) is 15.2. The molecule has 4 aliphatic carbocycles. The molecule has 17 aromatic carbocycles. The predicted molar refractivity (Wildman–Crippen MR) is 536 cm³/mol. The summed E-state index contributed by atoms with van der Waals surface area (Å²) >= 11 is 0. The van der Waals surface area contributed by atoms with Crippen molar-refractivity contribution in [2.45, 2.75) is 206 Å². The van der Waals surface area contributed by atoms with E-state index in [1.165, 1.54) is 199 Å². The first-order valence-electron chi connectivity index (χ1n) is 46.9. The second kappa shape index (κ2) is 25.0. The number of benzene rings is 15. The summed E-state index contributed by atoms with van der Waals surface area (Å²) in [5.74, 6) is 0. The molecule has 4 heteroatoms. The summed E-state index contributed by atoms with van der Waals surface area (Å²) in [5, 5.41) is 15.7. The van der Waals surface area contributed by atoms with Gasteiger partial charge in [0.1, 0.15) is 0 Å². The van der Waals surface area contributed by atoms with E-state index in [2.05, 4.69) is 434 Å². The molecule has 0 saturated heterocycles. The molecule has 0 bridgehead atoms. The van der Waals surface area contributed by atoms with Gasteiger partial charge < -0.3 is 19.6 Å². The van der Waals surface area contributed by atoms with E-state index in [4.69, 9.17) is 0 Å². The topological polar surface area (TPSA) is 13.0 Å². The van der Waals surface area contributed by atoms with Crippen molar-refractivity contribution >= 4 is 110 Å². The van der Waals surface area contributed by atoms with Gasteiger partial charge in [0.05, 0.1) is 22.2 Å². The molecule has 4 nitrogen and oxygen atoms in total. The van der Waals surface area contributed by atoms with Crippen molar-refractivity contribution in [3.8, 4) is 66.8 Å². The highest BCUT2D eigenvalue weighted by atomic mass is 15.3. The monoisotopic (exact) mass is 1630 g/mol. The van der Waals surface area contributed by atoms with Crippen LogP contribution in [0.25, 0.3) is 131 Å². The van der Waals surface area contributed by atoms with Gasteiger partial charge in [-0.25, -0.2) is 0 Å². The normalized spacial score (nSPS) is 26.6. The number of anilines is 8. The lowest BCUT2D eigenvalue weighted by molar-refractivity contribution is 0.330. The summed E-state index contributed by atoms with van der Waals surface area (Å²) in [4.78, 5) is 11.0. The molecule has 0 aromatic heterocycles. The quantitative estimate of drug-likeness (QED) is 0.135. The fourth-order valence-electron chi connectivity index (χ4n) is 31.0. The van der Waals surface area contributed by atoms with E-state index < -0.39 is 0 Å². The maximum absolute atomic E-state index is 2.74. The molecular weight excluding hydrogens is 1520 g/mol. The Balaban J connectivity index is 0.798. The van der Waals surface area contributed by atoms with Gasteiger partial charge in [-0.15, -0.1) is 0 Å². The van der Waals surface area contributed by atoms with E-state index in [-0.39, 0.29) is 65.5 Å². The molecule has 17 aromatic rings. The van der Waals surface area contributed by atoms with Gasteiger partial charge in [0.25, 0.3) is 0 Å². The molecule has 0 amide bonds. The first-order valence-corrected chi connectivity index (χ1v) is 46.9. The van der Waals surface area contributed by atoms with Crippen LogP contribution in [0.4, 0.5) is 45.5 Å². The minimum Gasteiger partial charge on any atom is -0.334 e. The standard InChI is InChI=1S/C122H114N4/c1-111(2)67-115(9)93-63-77(47-59-97(93)123(119(115,13)71-111)81-39-27-19-28-40-81)85-51-55-89-105-90(56-52-86(103(85)105)78-48-60-98-94(64-78)116(10)68-112(3,4)72-120(116,14)124(98)82-41-29-20-30-42-82)108-102(76-37-25-18-26-38-76)110-92-58-54-88(80-50-62-100-96(66-80)118(12)70-114(7,8)74-122(118,16)126(100)84-45-33-22-34-46-84)104-87(53-57-91(106(92)104)109(110)101(107(89)108)75-35-23-17-24-36-75)79-49-61-99-95(65-79)117(11)69-113(5,6)73-121(117,15)125(99)83-43-31-21-32-44-83/h17-66H,67-74H2,1-16H3. The number of hydrogen-bond acceptors (Lipinski definition) is 4. The zero-order valence-corrected chi connectivity index (χ0v) is 76.3. The minimum absolute atomic E-state index is 0.130. The van der Waals surface area contributed by atoms with E-state index in [1.807, 2.05) is 0 Å². The smallest absolute Gasteiger partial charge is 0.0523 e. The van der Waals surface area contributed by atoms with Crippen LogP contribution >= 0.6 is 0 Å².